The topological polar surface area (TPSA) is 32.5 Å². The molecule has 4 rings (SSSR count). The molecule has 21 heavy (non-hydrogen) atoms. The lowest BCUT2D eigenvalue weighted by atomic mass is 10.3. The number of hydrogen-bond donors (Lipinski definition) is 0. The van der Waals surface area contributed by atoms with Gasteiger partial charge in [-0.1, -0.05) is 35.1 Å². The smallest absolute Gasteiger partial charge is 0.175 e. The molecule has 1 aromatic carbocycles. The van der Waals surface area contributed by atoms with Crippen LogP contribution >= 0.6 is 11.8 Å². The molecule has 0 amide bonds. The van der Waals surface area contributed by atoms with Crippen LogP contribution in [0.25, 0.3) is 4.91 Å². The number of nitrogens with zero attached hydrogens (tertiary/aromatic N) is 3. The number of likely N-dealkylation sites (tertiary alicyclic amines) is 1. The van der Waals surface area contributed by atoms with Crippen LogP contribution in [0.2, 0.25) is 0 Å². The van der Waals surface area contributed by atoms with E-state index >= 15 is 0 Å². The van der Waals surface area contributed by atoms with Crippen LogP contribution in [-0.4, -0.2) is 28.6 Å². The monoisotopic (exact) mass is 298 g/mol. The number of aromatic nitrogens is 1. The standard InChI is InChI=1S/C16H16N3OS/c1-2-6-13(7-3-1)19-12-15(14-8-9-17-20-14)21-16(19)18-10-4-5-11-18/h1-3,6-9,16H,4-5,10-11H2. The lowest BCUT2D eigenvalue weighted by Gasteiger charge is -2.31. The van der Waals surface area contributed by atoms with Crippen molar-refractivity contribution in [1.82, 2.24) is 10.1 Å². The van der Waals surface area contributed by atoms with E-state index < -0.39 is 0 Å². The average molecular weight is 298 g/mol. The van der Waals surface area contributed by atoms with Gasteiger partial charge in [-0.3, -0.25) is 4.90 Å². The maximum atomic E-state index is 5.30. The molecule has 107 valence electrons. The van der Waals surface area contributed by atoms with Crippen molar-refractivity contribution in [3.8, 4) is 0 Å². The van der Waals surface area contributed by atoms with Crippen LogP contribution in [0.3, 0.4) is 0 Å². The van der Waals surface area contributed by atoms with Gasteiger partial charge in [0, 0.05) is 24.8 Å². The highest BCUT2D eigenvalue weighted by atomic mass is 32.2. The van der Waals surface area contributed by atoms with Crippen molar-refractivity contribution >= 4 is 22.4 Å². The number of thioether (sulfide) groups is 1. The van der Waals surface area contributed by atoms with Crippen molar-refractivity contribution in [2.45, 2.75) is 18.3 Å². The second kappa shape index (κ2) is 5.58. The summed E-state index contributed by atoms with van der Waals surface area (Å²) in [5, 5.41) is 3.81. The fraction of sp³-hybridized carbons (Fsp3) is 0.312. The van der Waals surface area contributed by atoms with Crippen LogP contribution in [0.4, 0.5) is 5.69 Å². The van der Waals surface area contributed by atoms with Crippen LogP contribution in [0, 0.1) is 6.20 Å². The highest BCUT2D eigenvalue weighted by Gasteiger charge is 2.35. The molecule has 0 aliphatic carbocycles. The first kappa shape index (κ1) is 13.0. The second-order valence-electron chi connectivity index (χ2n) is 5.21. The van der Waals surface area contributed by atoms with Crippen LogP contribution in [-0.2, 0) is 0 Å². The van der Waals surface area contributed by atoms with E-state index in [1.54, 1.807) is 18.0 Å². The van der Waals surface area contributed by atoms with Gasteiger partial charge in [0.05, 0.1) is 17.3 Å². The molecule has 1 aromatic heterocycles. The van der Waals surface area contributed by atoms with Gasteiger partial charge in [0.25, 0.3) is 0 Å². The Balaban J connectivity index is 1.67. The van der Waals surface area contributed by atoms with Crippen molar-refractivity contribution in [2.24, 2.45) is 0 Å². The molecule has 3 heterocycles. The molecule has 0 saturated carbocycles. The fourth-order valence-corrected chi connectivity index (χ4v) is 4.00. The van der Waals surface area contributed by atoms with Crippen molar-refractivity contribution in [3.05, 3.63) is 54.6 Å². The molecule has 4 nitrogen and oxygen atoms in total. The summed E-state index contributed by atoms with van der Waals surface area (Å²) in [4.78, 5) is 5.75. The molecular weight excluding hydrogens is 282 g/mol. The first-order chi connectivity index (χ1) is 10.4. The largest absolute Gasteiger partial charge is 0.356 e. The predicted octanol–water partition coefficient (Wildman–Crippen LogP) is 3.41. The van der Waals surface area contributed by atoms with E-state index in [0.717, 1.165) is 29.4 Å². The summed E-state index contributed by atoms with van der Waals surface area (Å²) < 4.78 is 5.30. The van der Waals surface area contributed by atoms with Crippen molar-refractivity contribution in [3.63, 3.8) is 0 Å². The van der Waals surface area contributed by atoms with Gasteiger partial charge in [-0.05, 0) is 25.0 Å². The minimum atomic E-state index is 0.259. The molecule has 2 aliphatic heterocycles. The molecule has 0 bridgehead atoms. The zero-order valence-electron chi connectivity index (χ0n) is 11.6. The van der Waals surface area contributed by atoms with Gasteiger partial charge in [-0.25, -0.2) is 0 Å². The van der Waals surface area contributed by atoms with Gasteiger partial charge >= 0.3 is 0 Å². The van der Waals surface area contributed by atoms with Crippen LogP contribution in [0.15, 0.2) is 47.1 Å². The Morgan fingerprint density at radius 1 is 1.14 bits per heavy atom. The molecule has 2 aromatic rings. The fourth-order valence-electron chi connectivity index (χ4n) is 2.78. The predicted molar refractivity (Wildman–Crippen MR) is 84.3 cm³/mol. The van der Waals surface area contributed by atoms with Gasteiger partial charge < -0.3 is 9.42 Å². The van der Waals surface area contributed by atoms with E-state index in [1.165, 1.54) is 12.8 Å². The zero-order valence-corrected chi connectivity index (χ0v) is 12.4. The van der Waals surface area contributed by atoms with E-state index in [4.69, 9.17) is 4.52 Å². The van der Waals surface area contributed by atoms with Gasteiger partial charge in [-0.2, -0.15) is 0 Å². The Morgan fingerprint density at radius 2 is 1.95 bits per heavy atom. The highest BCUT2D eigenvalue weighted by Crippen LogP contribution is 2.43. The summed E-state index contributed by atoms with van der Waals surface area (Å²) in [6.07, 6.45) is 7.71. The second-order valence-corrected chi connectivity index (χ2v) is 6.28. The molecule has 1 fully saturated rings. The highest BCUT2D eigenvalue weighted by molar-refractivity contribution is 8.09. The summed E-state index contributed by atoms with van der Waals surface area (Å²) in [7, 11) is 0. The number of hydrogen-bond acceptors (Lipinski definition) is 5. The third kappa shape index (κ3) is 2.47. The zero-order chi connectivity index (χ0) is 14.1. The molecule has 1 atom stereocenters. The molecule has 1 saturated heterocycles. The number of rotatable bonds is 3. The lowest BCUT2D eigenvalue weighted by Crippen LogP contribution is -2.40. The number of para-hydroxylation sites is 1. The van der Waals surface area contributed by atoms with Gasteiger partial charge in [0.2, 0.25) is 0 Å². The van der Waals surface area contributed by atoms with E-state index in [-0.39, 0.29) is 5.50 Å². The van der Waals surface area contributed by atoms with Crippen LogP contribution in [0.1, 0.15) is 18.6 Å². The summed E-state index contributed by atoms with van der Waals surface area (Å²) in [6.45, 7) is 2.29. The van der Waals surface area contributed by atoms with Crippen molar-refractivity contribution in [1.29, 1.82) is 0 Å². The SMILES string of the molecule is [C]1=C(c2ccno2)SC(N2CCCC2)N1c1ccccc1. The van der Waals surface area contributed by atoms with E-state index in [1.807, 2.05) is 12.1 Å². The Labute approximate surface area is 128 Å². The maximum absolute atomic E-state index is 5.30. The van der Waals surface area contributed by atoms with Crippen LogP contribution in [0.5, 0.6) is 0 Å². The summed E-state index contributed by atoms with van der Waals surface area (Å²) in [5.41, 5.74) is 1.42. The molecule has 5 heteroatoms. The first-order valence-electron chi connectivity index (χ1n) is 7.21. The van der Waals surface area contributed by atoms with Crippen molar-refractivity contribution < 1.29 is 4.52 Å². The molecular formula is C16H16N3OS. The Bertz CT molecular complexity index is 620. The minimum absolute atomic E-state index is 0.259. The lowest BCUT2D eigenvalue weighted by molar-refractivity contribution is 0.320. The van der Waals surface area contributed by atoms with E-state index in [0.29, 0.717) is 0 Å². The van der Waals surface area contributed by atoms with Gasteiger partial charge in [0.1, 0.15) is 5.50 Å². The third-order valence-electron chi connectivity index (χ3n) is 3.82. The van der Waals surface area contributed by atoms with E-state index in [2.05, 4.69) is 45.4 Å². The number of anilines is 1. The van der Waals surface area contributed by atoms with Crippen LogP contribution < -0.4 is 4.90 Å². The maximum Gasteiger partial charge on any atom is 0.175 e. The normalized spacial score (nSPS) is 22.8. The summed E-state index contributed by atoms with van der Waals surface area (Å²) in [6, 6.07) is 12.3. The Kier molecular flexibility index (Phi) is 3.45. The van der Waals surface area contributed by atoms with Gasteiger partial charge in [-0.15, -0.1) is 0 Å². The van der Waals surface area contributed by atoms with E-state index in [9.17, 15) is 0 Å². The molecule has 1 unspecified atom stereocenters. The summed E-state index contributed by atoms with van der Waals surface area (Å²) in [5.74, 6) is 0.794. The molecule has 0 N–H and O–H groups in total. The Hall–Kier alpha value is -1.72. The third-order valence-corrected chi connectivity index (χ3v) is 5.06. The first-order valence-corrected chi connectivity index (χ1v) is 8.09. The average Bonchev–Trinajstić information content (AvgIpc) is 3.27. The molecule has 2 aliphatic rings. The Morgan fingerprint density at radius 3 is 2.67 bits per heavy atom. The van der Waals surface area contributed by atoms with Crippen molar-refractivity contribution in [2.75, 3.05) is 18.0 Å². The summed E-state index contributed by atoms with van der Waals surface area (Å²) >= 11 is 1.79. The molecule has 1 radical (unpaired) electrons. The van der Waals surface area contributed by atoms with Gasteiger partial charge in [0.15, 0.2) is 5.76 Å². The minimum Gasteiger partial charge on any atom is -0.356 e. The quantitative estimate of drug-likeness (QED) is 0.867. The number of benzene rings is 1. The molecule has 0 spiro atoms.